The number of thioether (sulfide) groups is 1. The average molecular weight is 467 g/mol. The highest BCUT2D eigenvalue weighted by Crippen LogP contribution is 2.18. The zero-order valence-corrected chi connectivity index (χ0v) is 16.3. The first-order valence-corrected chi connectivity index (χ1v) is 10.1. The van der Waals surface area contributed by atoms with Crippen LogP contribution in [0.1, 0.15) is 11.4 Å². The van der Waals surface area contributed by atoms with E-state index in [0.29, 0.717) is 11.6 Å². The molecule has 2 aromatic heterocycles. The number of aliphatic imine (C=N–C) groups is 2. The van der Waals surface area contributed by atoms with E-state index in [-0.39, 0.29) is 0 Å². The van der Waals surface area contributed by atoms with Crippen LogP contribution in [0, 0.1) is 5.41 Å². The predicted octanol–water partition coefficient (Wildman–Crippen LogP) is 4.33. The number of hydrogen-bond donors (Lipinski definition) is 1. The smallest absolute Gasteiger partial charge is 0.174 e. The van der Waals surface area contributed by atoms with E-state index in [0.717, 1.165) is 25.1 Å². The molecule has 0 aliphatic carbocycles. The van der Waals surface area contributed by atoms with E-state index < -0.39 is 0 Å². The van der Waals surface area contributed by atoms with Crippen LogP contribution in [-0.4, -0.2) is 39.9 Å². The van der Waals surface area contributed by atoms with Crippen molar-refractivity contribution in [2.24, 2.45) is 9.98 Å². The highest BCUT2D eigenvalue weighted by Gasteiger charge is 2.07. The molecule has 0 radical (unpaired) electrons. The summed E-state index contributed by atoms with van der Waals surface area (Å²) in [4.78, 5) is 16.5. The third kappa shape index (κ3) is 5.06. The number of amidine groups is 1. The van der Waals surface area contributed by atoms with E-state index in [1.807, 2.05) is 17.0 Å². The van der Waals surface area contributed by atoms with Crippen LogP contribution in [0.3, 0.4) is 0 Å². The summed E-state index contributed by atoms with van der Waals surface area (Å²) in [5, 5.41) is 11.7. The molecule has 0 aromatic carbocycles. The van der Waals surface area contributed by atoms with Crippen molar-refractivity contribution in [1.82, 2.24) is 9.97 Å². The number of rotatable bonds is 2. The number of nitrogens with zero attached hydrogens (tertiary/aromatic N) is 4. The van der Waals surface area contributed by atoms with E-state index >= 15 is 0 Å². The molecule has 21 heavy (non-hydrogen) atoms. The molecule has 0 unspecified atom stereocenters. The van der Waals surface area contributed by atoms with Gasteiger partial charge in [-0.1, -0.05) is 0 Å². The highest BCUT2D eigenvalue weighted by molar-refractivity contribution is 9.11. The Morgan fingerprint density at radius 1 is 1.24 bits per heavy atom. The van der Waals surface area contributed by atoms with Gasteiger partial charge in [0.15, 0.2) is 13.7 Å². The first kappa shape index (κ1) is 16.9. The summed E-state index contributed by atoms with van der Waals surface area (Å²) >= 11 is 11.0. The van der Waals surface area contributed by atoms with Gasteiger partial charge in [0.2, 0.25) is 0 Å². The van der Waals surface area contributed by atoms with Crippen LogP contribution in [-0.2, 0) is 0 Å². The average Bonchev–Trinajstić information content (AvgIpc) is 3.19. The molecule has 5 nitrogen and oxygen atoms in total. The Morgan fingerprint density at radius 3 is 2.43 bits per heavy atom. The SMILES string of the molecule is Brc1nc(C2=NCC=N2)cs1.CSC(=N)c1csc(Br)n1. The Labute approximate surface area is 150 Å². The molecule has 0 bridgehead atoms. The molecule has 0 spiro atoms. The fourth-order valence-corrected chi connectivity index (χ4v) is 3.64. The number of nitrogens with one attached hydrogen (secondary N) is 1. The maximum absolute atomic E-state index is 7.38. The number of halogens is 2. The quantitative estimate of drug-likeness (QED) is 0.528. The Bertz CT molecular complexity index is 692. The maximum atomic E-state index is 7.38. The van der Waals surface area contributed by atoms with Gasteiger partial charge in [0.1, 0.15) is 16.4 Å². The maximum Gasteiger partial charge on any atom is 0.174 e. The lowest BCUT2D eigenvalue weighted by molar-refractivity contribution is 1.29. The molecule has 110 valence electrons. The Hall–Kier alpha value is -0.420. The van der Waals surface area contributed by atoms with Gasteiger partial charge >= 0.3 is 0 Å². The Kier molecular flexibility index (Phi) is 6.68. The lowest BCUT2D eigenvalue weighted by Gasteiger charge is -1.89. The molecule has 1 aliphatic heterocycles. The molecular weight excluding hydrogens is 458 g/mol. The fourth-order valence-electron chi connectivity index (χ4n) is 1.26. The van der Waals surface area contributed by atoms with E-state index in [2.05, 4.69) is 51.8 Å². The van der Waals surface area contributed by atoms with Crippen molar-refractivity contribution >= 4 is 83.4 Å². The van der Waals surface area contributed by atoms with Gasteiger partial charge in [-0.2, -0.15) is 0 Å². The lowest BCUT2D eigenvalue weighted by Crippen LogP contribution is -1.92. The zero-order chi connectivity index (χ0) is 15.2. The van der Waals surface area contributed by atoms with Gasteiger partial charge in [-0.05, 0) is 38.1 Å². The van der Waals surface area contributed by atoms with Crippen LogP contribution in [0.15, 0.2) is 28.6 Å². The molecule has 3 heterocycles. The third-order valence-corrected chi connectivity index (χ3v) is 5.50. The second-order valence-electron chi connectivity index (χ2n) is 3.48. The molecule has 1 aliphatic rings. The van der Waals surface area contributed by atoms with Gasteiger partial charge in [0.05, 0.1) is 6.54 Å². The lowest BCUT2D eigenvalue weighted by atomic mass is 10.5. The number of aromatic nitrogens is 2. The first-order valence-electron chi connectivity index (χ1n) is 5.52. The van der Waals surface area contributed by atoms with Crippen molar-refractivity contribution in [3.63, 3.8) is 0 Å². The number of hydrogen-bond acceptors (Lipinski definition) is 8. The molecule has 0 amide bonds. The zero-order valence-electron chi connectivity index (χ0n) is 10.7. The van der Waals surface area contributed by atoms with Crippen LogP contribution < -0.4 is 0 Å². The second-order valence-corrected chi connectivity index (χ2v) is 8.57. The van der Waals surface area contributed by atoms with Crippen molar-refractivity contribution in [2.75, 3.05) is 12.8 Å². The topological polar surface area (TPSA) is 74.3 Å². The van der Waals surface area contributed by atoms with Crippen LogP contribution in [0.25, 0.3) is 0 Å². The monoisotopic (exact) mass is 465 g/mol. The van der Waals surface area contributed by atoms with E-state index in [4.69, 9.17) is 5.41 Å². The van der Waals surface area contributed by atoms with Gasteiger partial charge in [0, 0.05) is 17.0 Å². The largest absolute Gasteiger partial charge is 0.292 e. The van der Waals surface area contributed by atoms with Crippen LogP contribution in [0.5, 0.6) is 0 Å². The molecule has 10 heteroatoms. The predicted molar refractivity (Wildman–Crippen MR) is 99.9 cm³/mol. The summed E-state index contributed by atoms with van der Waals surface area (Å²) in [6.45, 7) is 0.685. The number of thiazole rings is 2. The molecule has 0 atom stereocenters. The molecule has 3 rings (SSSR count). The first-order chi connectivity index (χ1) is 10.1. The molecule has 1 N–H and O–H groups in total. The molecule has 0 saturated carbocycles. The summed E-state index contributed by atoms with van der Waals surface area (Å²) in [5.74, 6) is 0.743. The van der Waals surface area contributed by atoms with E-state index in [9.17, 15) is 0 Å². The Morgan fingerprint density at radius 2 is 1.95 bits per heavy atom. The van der Waals surface area contributed by atoms with Crippen molar-refractivity contribution < 1.29 is 0 Å². The van der Waals surface area contributed by atoms with Crippen molar-refractivity contribution in [3.05, 3.63) is 30.0 Å². The van der Waals surface area contributed by atoms with Gasteiger partial charge in [-0.15, -0.1) is 34.4 Å². The highest BCUT2D eigenvalue weighted by atomic mass is 79.9. The summed E-state index contributed by atoms with van der Waals surface area (Å²) < 4.78 is 1.71. The summed E-state index contributed by atoms with van der Waals surface area (Å²) in [7, 11) is 0. The normalized spacial score (nSPS) is 12.8. The Balaban J connectivity index is 0.000000155. The van der Waals surface area contributed by atoms with Crippen molar-refractivity contribution in [1.29, 1.82) is 5.41 Å². The van der Waals surface area contributed by atoms with Crippen LogP contribution in [0.4, 0.5) is 0 Å². The molecule has 0 saturated heterocycles. The molecule has 0 fully saturated rings. The minimum absolute atomic E-state index is 0.516. The minimum atomic E-state index is 0.516. The van der Waals surface area contributed by atoms with Crippen LogP contribution in [0.2, 0.25) is 0 Å². The van der Waals surface area contributed by atoms with Gasteiger partial charge in [-0.3, -0.25) is 10.4 Å². The standard InChI is InChI=1S/C6H4BrN3S.C5H5BrN2S2/c7-6-10-4(3-11-6)5-8-1-2-9-5;1-9-4(7)3-2-10-5(6)8-3/h1,3H,2H2;2,7H,1H3. The van der Waals surface area contributed by atoms with Gasteiger partial charge in [-0.25, -0.2) is 15.0 Å². The van der Waals surface area contributed by atoms with Crippen molar-refractivity contribution in [3.8, 4) is 0 Å². The van der Waals surface area contributed by atoms with E-state index in [1.165, 1.54) is 23.1 Å². The molecular formula is C11H9Br2N5S3. The molecule has 2 aromatic rings. The van der Waals surface area contributed by atoms with Crippen molar-refractivity contribution in [2.45, 2.75) is 0 Å². The van der Waals surface area contributed by atoms with Gasteiger partial charge < -0.3 is 0 Å². The van der Waals surface area contributed by atoms with Crippen LogP contribution >= 0.6 is 66.3 Å². The summed E-state index contributed by atoms with van der Waals surface area (Å²) in [6.07, 6.45) is 3.65. The second kappa shape index (κ2) is 8.28. The van der Waals surface area contributed by atoms with Gasteiger partial charge in [0.25, 0.3) is 0 Å². The summed E-state index contributed by atoms with van der Waals surface area (Å²) in [5.41, 5.74) is 1.61. The summed E-state index contributed by atoms with van der Waals surface area (Å²) in [6, 6.07) is 0. The van der Waals surface area contributed by atoms with E-state index in [1.54, 1.807) is 17.6 Å². The fraction of sp³-hybridized carbons (Fsp3) is 0.182. The third-order valence-electron chi connectivity index (χ3n) is 2.15. The minimum Gasteiger partial charge on any atom is -0.292 e.